The normalized spacial score (nSPS) is 12.6. The van der Waals surface area contributed by atoms with Crippen LogP contribution < -0.4 is 5.32 Å². The van der Waals surface area contributed by atoms with Gasteiger partial charge in [0.1, 0.15) is 0 Å². The summed E-state index contributed by atoms with van der Waals surface area (Å²) >= 11 is 0. The molecule has 0 radical (unpaired) electrons. The number of aromatic nitrogens is 2. The number of aryl methyl sites for hydroxylation is 1. The zero-order valence-electron chi connectivity index (χ0n) is 10.6. The Bertz CT molecular complexity index is 488. The average molecular weight is 229 g/mol. The molecule has 2 aromatic rings. The molecule has 0 fully saturated rings. The molecule has 0 aliphatic carbocycles. The minimum Gasteiger partial charge on any atom is -0.317 e. The molecule has 0 spiro atoms. The maximum Gasteiger partial charge on any atom is 0.0926 e. The number of hydrogen-bond acceptors (Lipinski definition) is 2. The number of benzene rings is 1. The van der Waals surface area contributed by atoms with Crippen LogP contribution >= 0.6 is 0 Å². The number of H-pyrrole nitrogens is 1. The highest BCUT2D eigenvalue weighted by atomic mass is 15.1. The first-order valence-corrected chi connectivity index (χ1v) is 5.98. The van der Waals surface area contributed by atoms with Crippen molar-refractivity contribution in [2.45, 2.75) is 26.3 Å². The number of likely N-dealkylation sites (N-methyl/N-ethyl adjacent to an activating group) is 1. The van der Waals surface area contributed by atoms with E-state index in [4.69, 9.17) is 0 Å². The topological polar surface area (TPSA) is 40.7 Å². The lowest BCUT2D eigenvalue weighted by Gasteiger charge is -2.06. The van der Waals surface area contributed by atoms with Crippen LogP contribution in [0.1, 0.15) is 18.2 Å². The highest BCUT2D eigenvalue weighted by Gasteiger charge is 2.07. The minimum atomic E-state index is 0.458. The highest BCUT2D eigenvalue weighted by molar-refractivity contribution is 5.63. The SMILES string of the molecule is CNC(C)Cc1cc(-c2ccccc2C)n[nH]1. The number of rotatable bonds is 4. The molecule has 1 aromatic heterocycles. The van der Waals surface area contributed by atoms with Gasteiger partial charge >= 0.3 is 0 Å². The van der Waals surface area contributed by atoms with Gasteiger partial charge in [-0.3, -0.25) is 5.10 Å². The Morgan fingerprint density at radius 2 is 2.12 bits per heavy atom. The fourth-order valence-corrected chi connectivity index (χ4v) is 1.90. The molecular formula is C14H19N3. The van der Waals surface area contributed by atoms with Gasteiger partial charge in [0.25, 0.3) is 0 Å². The molecule has 1 atom stereocenters. The Balaban J connectivity index is 2.21. The Morgan fingerprint density at radius 1 is 1.35 bits per heavy atom. The van der Waals surface area contributed by atoms with Crippen LogP contribution in [0, 0.1) is 6.92 Å². The summed E-state index contributed by atoms with van der Waals surface area (Å²) in [6.07, 6.45) is 0.968. The van der Waals surface area contributed by atoms with Crippen molar-refractivity contribution >= 4 is 0 Å². The molecule has 0 bridgehead atoms. The van der Waals surface area contributed by atoms with E-state index in [0.717, 1.165) is 12.1 Å². The van der Waals surface area contributed by atoms with Gasteiger partial charge in [0.05, 0.1) is 5.69 Å². The van der Waals surface area contributed by atoms with Crippen molar-refractivity contribution in [3.05, 3.63) is 41.6 Å². The van der Waals surface area contributed by atoms with Crippen LogP contribution in [0.5, 0.6) is 0 Å². The summed E-state index contributed by atoms with van der Waals surface area (Å²) in [6, 6.07) is 10.9. The summed E-state index contributed by atoms with van der Waals surface area (Å²) in [4.78, 5) is 0. The van der Waals surface area contributed by atoms with Gasteiger partial charge in [0, 0.05) is 23.7 Å². The van der Waals surface area contributed by atoms with E-state index in [1.807, 2.05) is 13.1 Å². The molecule has 0 amide bonds. The smallest absolute Gasteiger partial charge is 0.0926 e. The van der Waals surface area contributed by atoms with Crippen molar-refractivity contribution in [2.75, 3.05) is 7.05 Å². The lowest BCUT2D eigenvalue weighted by atomic mass is 10.1. The van der Waals surface area contributed by atoms with Gasteiger partial charge in [-0.2, -0.15) is 5.10 Å². The summed E-state index contributed by atoms with van der Waals surface area (Å²) in [5.41, 5.74) is 4.66. The number of hydrogen-bond donors (Lipinski definition) is 2. The molecular weight excluding hydrogens is 210 g/mol. The van der Waals surface area contributed by atoms with Crippen molar-refractivity contribution in [1.29, 1.82) is 0 Å². The fourth-order valence-electron chi connectivity index (χ4n) is 1.90. The van der Waals surface area contributed by atoms with E-state index in [-0.39, 0.29) is 0 Å². The van der Waals surface area contributed by atoms with Crippen LogP contribution in [0.15, 0.2) is 30.3 Å². The average Bonchev–Trinajstić information content (AvgIpc) is 2.78. The van der Waals surface area contributed by atoms with Crippen LogP contribution in [0.4, 0.5) is 0 Å². The van der Waals surface area contributed by atoms with Crippen molar-refractivity contribution in [2.24, 2.45) is 0 Å². The Morgan fingerprint density at radius 3 is 2.82 bits per heavy atom. The highest BCUT2D eigenvalue weighted by Crippen LogP contribution is 2.21. The Labute approximate surface area is 102 Å². The maximum atomic E-state index is 4.38. The molecule has 17 heavy (non-hydrogen) atoms. The predicted molar refractivity (Wildman–Crippen MR) is 71.0 cm³/mol. The molecule has 2 rings (SSSR count). The van der Waals surface area contributed by atoms with Gasteiger partial charge < -0.3 is 5.32 Å². The lowest BCUT2D eigenvalue weighted by Crippen LogP contribution is -2.23. The maximum absolute atomic E-state index is 4.38. The first kappa shape index (κ1) is 11.9. The molecule has 1 unspecified atom stereocenters. The zero-order valence-corrected chi connectivity index (χ0v) is 10.6. The monoisotopic (exact) mass is 229 g/mol. The fraction of sp³-hybridized carbons (Fsp3) is 0.357. The van der Waals surface area contributed by atoms with Crippen LogP contribution in [0.2, 0.25) is 0 Å². The van der Waals surface area contributed by atoms with E-state index in [2.05, 4.69) is 53.6 Å². The van der Waals surface area contributed by atoms with Crippen LogP contribution in [-0.2, 0) is 6.42 Å². The summed E-state index contributed by atoms with van der Waals surface area (Å²) in [5.74, 6) is 0. The van der Waals surface area contributed by atoms with Gasteiger partial charge in [0.2, 0.25) is 0 Å². The third-order valence-electron chi connectivity index (χ3n) is 3.07. The summed E-state index contributed by atoms with van der Waals surface area (Å²) in [5, 5.41) is 10.7. The quantitative estimate of drug-likeness (QED) is 0.846. The molecule has 0 aliphatic rings. The zero-order chi connectivity index (χ0) is 12.3. The first-order valence-electron chi connectivity index (χ1n) is 5.98. The van der Waals surface area contributed by atoms with Gasteiger partial charge in [-0.15, -0.1) is 0 Å². The Hall–Kier alpha value is -1.61. The van der Waals surface area contributed by atoms with Crippen LogP contribution in [-0.4, -0.2) is 23.3 Å². The van der Waals surface area contributed by atoms with Crippen LogP contribution in [0.25, 0.3) is 11.3 Å². The number of aromatic amines is 1. The molecule has 2 N–H and O–H groups in total. The lowest BCUT2D eigenvalue weighted by molar-refractivity contribution is 0.600. The van der Waals surface area contributed by atoms with E-state index in [1.165, 1.54) is 16.8 Å². The van der Waals surface area contributed by atoms with Crippen molar-refractivity contribution in [1.82, 2.24) is 15.5 Å². The molecule has 0 saturated heterocycles. The van der Waals surface area contributed by atoms with Gasteiger partial charge in [-0.1, -0.05) is 24.3 Å². The molecule has 1 heterocycles. The second-order valence-corrected chi connectivity index (χ2v) is 4.49. The van der Waals surface area contributed by atoms with Gasteiger partial charge in [-0.25, -0.2) is 0 Å². The van der Waals surface area contributed by atoms with Crippen molar-refractivity contribution in [3.8, 4) is 11.3 Å². The van der Waals surface area contributed by atoms with Crippen molar-refractivity contribution < 1.29 is 0 Å². The van der Waals surface area contributed by atoms with E-state index >= 15 is 0 Å². The Kier molecular flexibility index (Phi) is 3.59. The second-order valence-electron chi connectivity index (χ2n) is 4.49. The predicted octanol–water partition coefficient (Wildman–Crippen LogP) is 2.54. The molecule has 3 heteroatoms. The number of nitrogens with one attached hydrogen (secondary N) is 2. The number of nitrogens with zero attached hydrogens (tertiary/aromatic N) is 1. The van der Waals surface area contributed by atoms with Crippen molar-refractivity contribution in [3.63, 3.8) is 0 Å². The van der Waals surface area contributed by atoms with Crippen LogP contribution in [0.3, 0.4) is 0 Å². The summed E-state index contributed by atoms with van der Waals surface area (Å²) in [7, 11) is 1.98. The third-order valence-corrected chi connectivity index (χ3v) is 3.07. The van der Waals surface area contributed by atoms with E-state index in [1.54, 1.807) is 0 Å². The molecule has 90 valence electrons. The largest absolute Gasteiger partial charge is 0.317 e. The second kappa shape index (κ2) is 5.15. The molecule has 1 aromatic carbocycles. The van der Waals surface area contributed by atoms with Gasteiger partial charge in [-0.05, 0) is 32.5 Å². The minimum absolute atomic E-state index is 0.458. The standard InChI is InChI=1S/C14H19N3/c1-10-6-4-5-7-13(10)14-9-12(16-17-14)8-11(2)15-3/h4-7,9,11,15H,8H2,1-3H3,(H,16,17). The first-order chi connectivity index (χ1) is 8.20. The van der Waals surface area contributed by atoms with E-state index in [9.17, 15) is 0 Å². The van der Waals surface area contributed by atoms with E-state index in [0.29, 0.717) is 6.04 Å². The summed E-state index contributed by atoms with van der Waals surface area (Å²) < 4.78 is 0. The summed E-state index contributed by atoms with van der Waals surface area (Å²) in [6.45, 7) is 4.27. The van der Waals surface area contributed by atoms with E-state index < -0.39 is 0 Å². The molecule has 0 aliphatic heterocycles. The van der Waals surface area contributed by atoms with Gasteiger partial charge in [0.15, 0.2) is 0 Å². The molecule has 0 saturated carbocycles. The molecule has 3 nitrogen and oxygen atoms in total. The third kappa shape index (κ3) is 2.74.